The van der Waals surface area contributed by atoms with Crippen molar-refractivity contribution in [3.05, 3.63) is 17.5 Å². The third-order valence-corrected chi connectivity index (χ3v) is 3.57. The Balaban J connectivity index is 1.80. The molecule has 5 heteroatoms. The molecular formula is C14H24N4O. The molecule has 0 aromatic carbocycles. The molecule has 1 aromatic heterocycles. The van der Waals surface area contributed by atoms with Gasteiger partial charge in [-0.1, -0.05) is 6.92 Å². The molecule has 1 aliphatic carbocycles. The number of aromatic nitrogens is 2. The summed E-state index contributed by atoms with van der Waals surface area (Å²) in [5.41, 5.74) is 2.30. The van der Waals surface area contributed by atoms with Crippen molar-refractivity contribution in [3.8, 4) is 0 Å². The van der Waals surface area contributed by atoms with E-state index in [0.29, 0.717) is 19.1 Å². The zero-order valence-corrected chi connectivity index (χ0v) is 12.1. The molecule has 0 radical (unpaired) electrons. The molecule has 5 nitrogen and oxygen atoms in total. The van der Waals surface area contributed by atoms with Gasteiger partial charge in [0.25, 0.3) is 0 Å². The van der Waals surface area contributed by atoms with Crippen molar-refractivity contribution < 1.29 is 4.79 Å². The van der Waals surface area contributed by atoms with Crippen molar-refractivity contribution in [2.75, 3.05) is 13.1 Å². The summed E-state index contributed by atoms with van der Waals surface area (Å²) in [6, 6.07) is 0.504. The average Bonchev–Trinajstić information content (AvgIpc) is 3.14. The van der Waals surface area contributed by atoms with E-state index in [1.807, 2.05) is 29.7 Å². The van der Waals surface area contributed by atoms with Crippen LogP contribution in [0, 0.1) is 0 Å². The maximum Gasteiger partial charge on any atom is 0.236 e. The number of nitrogens with zero attached hydrogens (tertiary/aromatic N) is 3. The number of carbonyl (C=O) groups excluding carboxylic acids is 1. The third kappa shape index (κ3) is 3.56. The average molecular weight is 264 g/mol. The summed E-state index contributed by atoms with van der Waals surface area (Å²) in [5, 5.41) is 7.64. The first-order valence-electron chi connectivity index (χ1n) is 7.17. The van der Waals surface area contributed by atoms with E-state index in [0.717, 1.165) is 18.7 Å². The van der Waals surface area contributed by atoms with Gasteiger partial charge in [0, 0.05) is 37.9 Å². The van der Waals surface area contributed by atoms with Gasteiger partial charge >= 0.3 is 0 Å². The van der Waals surface area contributed by atoms with Crippen molar-refractivity contribution in [1.29, 1.82) is 0 Å². The molecule has 1 aromatic rings. The van der Waals surface area contributed by atoms with Gasteiger partial charge in [0.15, 0.2) is 0 Å². The number of hydrogen-bond donors (Lipinski definition) is 1. The number of aryl methyl sites for hydroxylation is 2. The Labute approximate surface area is 115 Å². The highest BCUT2D eigenvalue weighted by atomic mass is 16.2. The quantitative estimate of drug-likeness (QED) is 0.802. The second-order valence-corrected chi connectivity index (χ2v) is 5.14. The number of likely N-dealkylation sites (N-methyl/N-ethyl adjacent to an activating group) is 1. The summed E-state index contributed by atoms with van der Waals surface area (Å²) >= 11 is 0. The second-order valence-electron chi connectivity index (χ2n) is 5.14. The Kier molecular flexibility index (Phi) is 4.58. The van der Waals surface area contributed by atoms with Crippen LogP contribution < -0.4 is 5.32 Å². The van der Waals surface area contributed by atoms with E-state index in [1.54, 1.807) is 0 Å². The first kappa shape index (κ1) is 14.1. The molecule has 19 heavy (non-hydrogen) atoms. The van der Waals surface area contributed by atoms with Crippen LogP contribution in [-0.4, -0.2) is 39.7 Å². The molecule has 0 bridgehead atoms. The monoisotopic (exact) mass is 264 g/mol. The SMILES string of the molecule is CCc1nn(C)cc1CNCC(=O)N(CC)C1CC1. The minimum Gasteiger partial charge on any atom is -0.339 e. The van der Waals surface area contributed by atoms with Gasteiger partial charge in [-0.2, -0.15) is 5.10 Å². The van der Waals surface area contributed by atoms with Crippen LogP contribution in [0.25, 0.3) is 0 Å². The van der Waals surface area contributed by atoms with Crippen molar-refractivity contribution in [3.63, 3.8) is 0 Å². The summed E-state index contributed by atoms with van der Waals surface area (Å²) in [6.45, 7) is 6.10. The predicted octanol–water partition coefficient (Wildman–Crippen LogP) is 1.08. The second kappa shape index (κ2) is 6.19. The van der Waals surface area contributed by atoms with Gasteiger partial charge in [-0.25, -0.2) is 0 Å². The molecule has 1 N–H and O–H groups in total. The van der Waals surface area contributed by atoms with Crippen LogP contribution in [0.15, 0.2) is 6.20 Å². The van der Waals surface area contributed by atoms with Crippen LogP contribution in [0.4, 0.5) is 0 Å². The van der Waals surface area contributed by atoms with E-state index in [-0.39, 0.29) is 5.91 Å². The van der Waals surface area contributed by atoms with E-state index in [9.17, 15) is 4.79 Å². The Morgan fingerprint density at radius 1 is 1.53 bits per heavy atom. The Bertz CT molecular complexity index is 437. The minimum absolute atomic E-state index is 0.215. The fourth-order valence-electron chi connectivity index (χ4n) is 2.46. The first-order chi connectivity index (χ1) is 9.15. The van der Waals surface area contributed by atoms with E-state index in [2.05, 4.69) is 17.3 Å². The van der Waals surface area contributed by atoms with Gasteiger partial charge in [-0.05, 0) is 26.2 Å². The number of rotatable bonds is 7. The molecule has 106 valence electrons. The van der Waals surface area contributed by atoms with Crippen LogP contribution in [0.5, 0.6) is 0 Å². The fourth-order valence-corrected chi connectivity index (χ4v) is 2.46. The molecule has 0 unspecified atom stereocenters. The topological polar surface area (TPSA) is 50.2 Å². The highest BCUT2D eigenvalue weighted by Gasteiger charge is 2.30. The van der Waals surface area contributed by atoms with Crippen LogP contribution in [0.2, 0.25) is 0 Å². The largest absolute Gasteiger partial charge is 0.339 e. The summed E-state index contributed by atoms with van der Waals surface area (Å²) in [4.78, 5) is 14.0. The standard InChI is InChI=1S/C14H24N4O/c1-4-13-11(10-17(3)16-13)8-15-9-14(19)18(5-2)12-6-7-12/h10,12,15H,4-9H2,1-3H3. The van der Waals surface area contributed by atoms with Gasteiger partial charge in [-0.3, -0.25) is 9.48 Å². The molecular weight excluding hydrogens is 240 g/mol. The van der Waals surface area contributed by atoms with E-state index in [4.69, 9.17) is 0 Å². The summed E-state index contributed by atoms with van der Waals surface area (Å²) in [5.74, 6) is 0.215. The smallest absolute Gasteiger partial charge is 0.236 e. The lowest BCUT2D eigenvalue weighted by molar-refractivity contribution is -0.130. The lowest BCUT2D eigenvalue weighted by Crippen LogP contribution is -2.39. The highest BCUT2D eigenvalue weighted by molar-refractivity contribution is 5.78. The molecule has 0 spiro atoms. The molecule has 1 amide bonds. The van der Waals surface area contributed by atoms with Gasteiger partial charge < -0.3 is 10.2 Å². The van der Waals surface area contributed by atoms with E-state index >= 15 is 0 Å². The molecule has 2 rings (SSSR count). The molecule has 1 fully saturated rings. The Morgan fingerprint density at radius 2 is 2.26 bits per heavy atom. The number of nitrogens with one attached hydrogen (secondary N) is 1. The van der Waals surface area contributed by atoms with Crippen LogP contribution >= 0.6 is 0 Å². The third-order valence-electron chi connectivity index (χ3n) is 3.57. The van der Waals surface area contributed by atoms with Crippen LogP contribution in [-0.2, 0) is 24.8 Å². The number of amides is 1. The van der Waals surface area contributed by atoms with Gasteiger partial charge in [0.1, 0.15) is 0 Å². The summed E-state index contributed by atoms with van der Waals surface area (Å²) in [7, 11) is 1.93. The van der Waals surface area contributed by atoms with Crippen LogP contribution in [0.3, 0.4) is 0 Å². The van der Waals surface area contributed by atoms with Crippen molar-refractivity contribution in [2.45, 2.75) is 45.7 Å². The van der Waals surface area contributed by atoms with Gasteiger partial charge in [0.05, 0.1) is 12.2 Å². The number of carbonyl (C=O) groups is 1. The molecule has 0 aliphatic heterocycles. The lowest BCUT2D eigenvalue weighted by Gasteiger charge is -2.20. The fraction of sp³-hybridized carbons (Fsp3) is 0.714. The number of hydrogen-bond acceptors (Lipinski definition) is 3. The lowest BCUT2D eigenvalue weighted by atomic mass is 10.2. The van der Waals surface area contributed by atoms with E-state index in [1.165, 1.54) is 18.4 Å². The Morgan fingerprint density at radius 3 is 2.84 bits per heavy atom. The summed E-state index contributed by atoms with van der Waals surface area (Å²) in [6.07, 6.45) is 5.29. The molecule has 1 aliphatic rings. The maximum atomic E-state index is 12.0. The minimum atomic E-state index is 0.215. The highest BCUT2D eigenvalue weighted by Crippen LogP contribution is 2.26. The van der Waals surface area contributed by atoms with Crippen molar-refractivity contribution in [1.82, 2.24) is 20.0 Å². The molecule has 1 heterocycles. The van der Waals surface area contributed by atoms with Crippen molar-refractivity contribution in [2.24, 2.45) is 7.05 Å². The zero-order valence-electron chi connectivity index (χ0n) is 12.1. The molecule has 0 saturated heterocycles. The summed E-state index contributed by atoms with van der Waals surface area (Å²) < 4.78 is 1.83. The predicted molar refractivity (Wildman–Crippen MR) is 74.7 cm³/mol. The molecule has 0 atom stereocenters. The van der Waals surface area contributed by atoms with Gasteiger partial charge in [0.2, 0.25) is 5.91 Å². The van der Waals surface area contributed by atoms with Crippen LogP contribution in [0.1, 0.15) is 37.9 Å². The normalized spacial score (nSPS) is 14.7. The Hall–Kier alpha value is -1.36. The zero-order chi connectivity index (χ0) is 13.8. The maximum absolute atomic E-state index is 12.0. The van der Waals surface area contributed by atoms with Gasteiger partial charge in [-0.15, -0.1) is 0 Å². The van der Waals surface area contributed by atoms with Crippen molar-refractivity contribution >= 4 is 5.91 Å². The first-order valence-corrected chi connectivity index (χ1v) is 7.17. The molecule has 1 saturated carbocycles. The van der Waals surface area contributed by atoms with E-state index < -0.39 is 0 Å².